The quantitative estimate of drug-likeness (QED) is 0.935. The number of carbonyl (C=O) groups is 1. The highest BCUT2D eigenvalue weighted by Crippen LogP contribution is 2.35. The van der Waals surface area contributed by atoms with Crippen LogP contribution < -0.4 is 4.74 Å². The van der Waals surface area contributed by atoms with Gasteiger partial charge >= 0.3 is 12.6 Å². The zero-order valence-corrected chi connectivity index (χ0v) is 9.90. The van der Waals surface area contributed by atoms with Gasteiger partial charge in [-0.25, -0.2) is 4.79 Å². The highest BCUT2D eigenvalue weighted by molar-refractivity contribution is 6.31. The van der Waals surface area contributed by atoms with Gasteiger partial charge in [-0.05, 0) is 18.2 Å². The minimum atomic E-state index is -3.06. The lowest BCUT2D eigenvalue weighted by Gasteiger charge is -2.09. The maximum atomic E-state index is 12.3. The highest BCUT2D eigenvalue weighted by atomic mass is 35.5. The summed E-state index contributed by atoms with van der Waals surface area (Å²) in [5.41, 5.74) is -0.288. The molecule has 1 heterocycles. The van der Waals surface area contributed by atoms with Crippen molar-refractivity contribution in [3.05, 3.63) is 35.0 Å². The third kappa shape index (κ3) is 2.82. The van der Waals surface area contributed by atoms with E-state index < -0.39 is 12.6 Å². The number of carboxylic acids is 1. The van der Waals surface area contributed by atoms with Crippen LogP contribution in [0.5, 0.6) is 5.75 Å². The average molecular weight is 290 g/mol. The maximum Gasteiger partial charge on any atom is 0.387 e. The van der Waals surface area contributed by atoms with E-state index in [2.05, 4.69) is 9.89 Å². The van der Waals surface area contributed by atoms with Crippen molar-refractivity contribution in [1.82, 2.24) is 5.16 Å². The van der Waals surface area contributed by atoms with Crippen LogP contribution in [0.3, 0.4) is 0 Å². The van der Waals surface area contributed by atoms with Gasteiger partial charge in [-0.2, -0.15) is 8.78 Å². The van der Waals surface area contributed by atoms with Gasteiger partial charge in [0.15, 0.2) is 5.76 Å². The molecule has 1 aromatic heterocycles. The van der Waals surface area contributed by atoms with E-state index in [0.717, 1.165) is 6.20 Å². The van der Waals surface area contributed by atoms with E-state index in [4.69, 9.17) is 21.2 Å². The molecule has 0 spiro atoms. The molecule has 1 aromatic carbocycles. The van der Waals surface area contributed by atoms with Gasteiger partial charge in [0, 0.05) is 5.02 Å². The number of nitrogens with zero attached hydrogens (tertiary/aromatic N) is 1. The number of rotatable bonds is 4. The van der Waals surface area contributed by atoms with Crippen molar-refractivity contribution in [2.45, 2.75) is 6.61 Å². The first-order valence-corrected chi connectivity index (χ1v) is 5.29. The molecular formula is C11H6ClF2NO4. The molecule has 100 valence electrons. The summed E-state index contributed by atoms with van der Waals surface area (Å²) >= 11 is 5.75. The van der Waals surface area contributed by atoms with Crippen LogP contribution in [-0.4, -0.2) is 22.8 Å². The number of ether oxygens (including phenoxy) is 1. The first kappa shape index (κ1) is 13.3. The summed E-state index contributed by atoms with van der Waals surface area (Å²) in [7, 11) is 0. The van der Waals surface area contributed by atoms with Crippen LogP contribution in [0.2, 0.25) is 5.02 Å². The minimum Gasteiger partial charge on any atom is -0.477 e. The summed E-state index contributed by atoms with van der Waals surface area (Å²) < 4.78 is 33.6. The third-order valence-corrected chi connectivity index (χ3v) is 2.44. The lowest BCUT2D eigenvalue weighted by molar-refractivity contribution is -0.0495. The van der Waals surface area contributed by atoms with Crippen LogP contribution in [0.1, 0.15) is 10.4 Å². The first-order chi connectivity index (χ1) is 8.99. The molecule has 19 heavy (non-hydrogen) atoms. The Morgan fingerprint density at radius 1 is 1.47 bits per heavy atom. The van der Waals surface area contributed by atoms with Crippen LogP contribution in [0.15, 0.2) is 28.9 Å². The Labute approximate surface area is 110 Å². The Kier molecular flexibility index (Phi) is 3.66. The molecule has 2 aromatic rings. The van der Waals surface area contributed by atoms with Crippen molar-refractivity contribution in [3.8, 4) is 17.1 Å². The number of carboxylic acid groups (broad SMARTS) is 1. The summed E-state index contributed by atoms with van der Waals surface area (Å²) in [6, 6.07) is 3.78. The molecule has 0 radical (unpaired) electrons. The second kappa shape index (κ2) is 5.23. The van der Waals surface area contributed by atoms with Crippen LogP contribution >= 0.6 is 11.6 Å². The van der Waals surface area contributed by atoms with Crippen molar-refractivity contribution in [2.75, 3.05) is 0 Å². The van der Waals surface area contributed by atoms with Gasteiger partial charge < -0.3 is 14.4 Å². The highest BCUT2D eigenvalue weighted by Gasteiger charge is 2.22. The van der Waals surface area contributed by atoms with E-state index in [1.54, 1.807) is 0 Å². The maximum absolute atomic E-state index is 12.3. The molecular weight excluding hydrogens is 284 g/mol. The predicted octanol–water partition coefficient (Wildman–Crippen LogP) is 3.29. The van der Waals surface area contributed by atoms with Gasteiger partial charge in [-0.3, -0.25) is 0 Å². The van der Waals surface area contributed by atoms with Crippen LogP contribution in [0, 0.1) is 0 Å². The summed E-state index contributed by atoms with van der Waals surface area (Å²) in [6.45, 7) is -3.06. The summed E-state index contributed by atoms with van der Waals surface area (Å²) in [5.74, 6) is -1.76. The lowest BCUT2D eigenvalue weighted by atomic mass is 10.1. The molecule has 0 atom stereocenters. The minimum absolute atomic E-state index is 0.0114. The molecule has 0 aliphatic carbocycles. The predicted molar refractivity (Wildman–Crippen MR) is 60.5 cm³/mol. The van der Waals surface area contributed by atoms with E-state index in [0.29, 0.717) is 0 Å². The van der Waals surface area contributed by atoms with E-state index in [1.807, 2.05) is 0 Å². The normalized spacial score (nSPS) is 10.7. The Balaban J connectivity index is 2.56. The van der Waals surface area contributed by atoms with Gasteiger partial charge in [0.25, 0.3) is 0 Å². The molecule has 0 fully saturated rings. The van der Waals surface area contributed by atoms with Crippen LogP contribution in [0.25, 0.3) is 11.3 Å². The zero-order valence-electron chi connectivity index (χ0n) is 9.14. The molecule has 0 saturated carbocycles. The first-order valence-electron chi connectivity index (χ1n) is 4.91. The molecule has 5 nitrogen and oxygen atoms in total. The average Bonchev–Trinajstić information content (AvgIpc) is 2.79. The standard InChI is InChI=1S/C11H6ClF2NO4/c12-5-1-2-8(18-11(13)14)6(3-5)9-7(10(16)17)4-15-19-9/h1-4,11H,(H,16,17). The molecule has 0 amide bonds. The van der Waals surface area contributed by atoms with Crippen molar-refractivity contribution < 1.29 is 27.9 Å². The van der Waals surface area contributed by atoms with Crippen LogP contribution in [-0.2, 0) is 0 Å². The molecule has 2 rings (SSSR count). The molecule has 0 bridgehead atoms. The molecule has 8 heteroatoms. The fraction of sp³-hybridized carbons (Fsp3) is 0.0909. The Bertz CT molecular complexity index is 614. The topological polar surface area (TPSA) is 72.6 Å². The molecule has 0 unspecified atom stereocenters. The number of aromatic carboxylic acids is 1. The fourth-order valence-corrected chi connectivity index (χ4v) is 1.64. The number of hydrogen-bond acceptors (Lipinski definition) is 4. The molecule has 1 N–H and O–H groups in total. The Morgan fingerprint density at radius 3 is 2.84 bits per heavy atom. The van der Waals surface area contributed by atoms with E-state index in [-0.39, 0.29) is 27.7 Å². The number of halogens is 3. The van der Waals surface area contributed by atoms with Crippen molar-refractivity contribution in [3.63, 3.8) is 0 Å². The van der Waals surface area contributed by atoms with Gasteiger partial charge in [-0.1, -0.05) is 16.8 Å². The molecule has 0 saturated heterocycles. The fourth-order valence-electron chi connectivity index (χ4n) is 1.46. The molecule has 0 aliphatic rings. The third-order valence-electron chi connectivity index (χ3n) is 2.20. The monoisotopic (exact) mass is 289 g/mol. The largest absolute Gasteiger partial charge is 0.477 e. The second-order valence-corrected chi connectivity index (χ2v) is 3.83. The van der Waals surface area contributed by atoms with Crippen LogP contribution in [0.4, 0.5) is 8.78 Å². The van der Waals surface area contributed by atoms with Gasteiger partial charge in [-0.15, -0.1) is 0 Å². The summed E-state index contributed by atoms with van der Waals surface area (Å²) in [6.07, 6.45) is 0.963. The van der Waals surface area contributed by atoms with Gasteiger partial charge in [0.05, 0.1) is 11.8 Å². The number of aromatic nitrogens is 1. The SMILES string of the molecule is O=C(O)c1cnoc1-c1cc(Cl)ccc1OC(F)F. The lowest BCUT2D eigenvalue weighted by Crippen LogP contribution is -2.04. The van der Waals surface area contributed by atoms with E-state index >= 15 is 0 Å². The smallest absolute Gasteiger partial charge is 0.387 e. The summed E-state index contributed by atoms with van der Waals surface area (Å²) in [4.78, 5) is 11.0. The van der Waals surface area contributed by atoms with Crippen molar-refractivity contribution in [2.24, 2.45) is 0 Å². The van der Waals surface area contributed by atoms with E-state index in [9.17, 15) is 13.6 Å². The van der Waals surface area contributed by atoms with Crippen molar-refractivity contribution in [1.29, 1.82) is 0 Å². The number of hydrogen-bond donors (Lipinski definition) is 1. The van der Waals surface area contributed by atoms with Crippen molar-refractivity contribution >= 4 is 17.6 Å². The van der Waals surface area contributed by atoms with E-state index in [1.165, 1.54) is 18.2 Å². The Hall–Kier alpha value is -2.15. The summed E-state index contributed by atoms with van der Waals surface area (Å²) in [5, 5.41) is 12.5. The Morgan fingerprint density at radius 2 is 2.21 bits per heavy atom. The molecule has 0 aliphatic heterocycles. The van der Waals surface area contributed by atoms with Gasteiger partial charge in [0.2, 0.25) is 0 Å². The number of alkyl halides is 2. The van der Waals surface area contributed by atoms with Gasteiger partial charge in [0.1, 0.15) is 11.3 Å². The number of benzene rings is 1. The zero-order chi connectivity index (χ0) is 14.0. The second-order valence-electron chi connectivity index (χ2n) is 3.39.